The minimum Gasteiger partial charge on any atom is -0.478 e. The van der Waals surface area contributed by atoms with Crippen LogP contribution in [0, 0.1) is 0 Å². The van der Waals surface area contributed by atoms with Gasteiger partial charge in [0.05, 0.1) is 47.6 Å². The van der Waals surface area contributed by atoms with Crippen LogP contribution in [-0.2, 0) is 9.47 Å². The molecule has 0 aliphatic rings. The molecule has 0 aromatic heterocycles. The van der Waals surface area contributed by atoms with E-state index in [2.05, 4.69) is 20.1 Å². The van der Waals surface area contributed by atoms with Gasteiger partial charge >= 0.3 is 23.9 Å². The molecular formula is C26H20N2O10. The summed E-state index contributed by atoms with van der Waals surface area (Å²) in [5.74, 6) is -6.27. The van der Waals surface area contributed by atoms with Crippen LogP contribution < -0.4 is 10.6 Å². The zero-order chi connectivity index (χ0) is 28.0. The van der Waals surface area contributed by atoms with Crippen LogP contribution in [0.1, 0.15) is 62.1 Å². The molecule has 4 N–H and O–H groups in total. The lowest BCUT2D eigenvalue weighted by Crippen LogP contribution is -2.22. The molecule has 0 heterocycles. The quantitative estimate of drug-likeness (QED) is 0.322. The summed E-state index contributed by atoms with van der Waals surface area (Å²) in [4.78, 5) is 72.8. The van der Waals surface area contributed by atoms with Crippen molar-refractivity contribution in [1.82, 2.24) is 0 Å². The maximum Gasteiger partial charge on any atom is 0.337 e. The summed E-state index contributed by atoms with van der Waals surface area (Å²) in [6.45, 7) is 0. The Kier molecular flexibility index (Phi) is 8.18. The molecule has 3 rings (SSSR count). The van der Waals surface area contributed by atoms with Gasteiger partial charge in [-0.3, -0.25) is 9.59 Å². The number of benzene rings is 3. The Morgan fingerprint density at radius 1 is 0.553 bits per heavy atom. The van der Waals surface area contributed by atoms with Crippen LogP contribution in [0.2, 0.25) is 0 Å². The van der Waals surface area contributed by atoms with Crippen molar-refractivity contribution < 1.29 is 48.5 Å². The zero-order valence-corrected chi connectivity index (χ0v) is 19.9. The molecule has 3 aromatic carbocycles. The van der Waals surface area contributed by atoms with E-state index in [0.29, 0.717) is 0 Å². The third-order valence-corrected chi connectivity index (χ3v) is 5.24. The van der Waals surface area contributed by atoms with Gasteiger partial charge in [0.1, 0.15) is 0 Å². The molecule has 0 radical (unpaired) electrons. The molecule has 0 bridgehead atoms. The molecule has 0 saturated carbocycles. The maximum absolute atomic E-state index is 13.0. The van der Waals surface area contributed by atoms with Gasteiger partial charge in [-0.1, -0.05) is 0 Å². The molecule has 2 amide bonds. The number of carboxylic acid groups (broad SMARTS) is 2. The number of hydrogen-bond acceptors (Lipinski definition) is 8. The molecule has 0 fully saturated rings. The Bertz CT molecular complexity index is 1340. The smallest absolute Gasteiger partial charge is 0.337 e. The highest BCUT2D eigenvalue weighted by atomic mass is 16.5. The first-order valence-corrected chi connectivity index (χ1v) is 10.7. The molecule has 0 saturated heterocycles. The van der Waals surface area contributed by atoms with E-state index in [0.717, 1.165) is 12.1 Å². The first-order chi connectivity index (χ1) is 18.0. The summed E-state index contributed by atoms with van der Waals surface area (Å²) < 4.78 is 9.20. The summed E-state index contributed by atoms with van der Waals surface area (Å²) in [6.07, 6.45) is 0. The first-order valence-electron chi connectivity index (χ1n) is 10.7. The van der Waals surface area contributed by atoms with Crippen molar-refractivity contribution in [3.63, 3.8) is 0 Å². The van der Waals surface area contributed by atoms with E-state index in [4.69, 9.17) is 0 Å². The van der Waals surface area contributed by atoms with Crippen LogP contribution in [0.15, 0.2) is 60.7 Å². The molecular weight excluding hydrogens is 500 g/mol. The third kappa shape index (κ3) is 5.99. The van der Waals surface area contributed by atoms with Crippen molar-refractivity contribution in [2.45, 2.75) is 0 Å². The van der Waals surface area contributed by atoms with Gasteiger partial charge < -0.3 is 30.3 Å². The number of carboxylic acids is 2. The van der Waals surface area contributed by atoms with Crippen LogP contribution >= 0.6 is 0 Å². The second-order valence-electron chi connectivity index (χ2n) is 7.60. The number of carbonyl (C=O) groups is 6. The summed E-state index contributed by atoms with van der Waals surface area (Å²) in [6, 6.07) is 12.6. The minimum absolute atomic E-state index is 0.193. The molecule has 0 atom stereocenters. The van der Waals surface area contributed by atoms with E-state index in [1.807, 2.05) is 0 Å². The van der Waals surface area contributed by atoms with E-state index in [-0.39, 0.29) is 22.5 Å². The number of esters is 2. The van der Waals surface area contributed by atoms with E-state index >= 15 is 0 Å². The Hall–Kier alpha value is -5.52. The number of carbonyl (C=O) groups excluding carboxylic acids is 4. The van der Waals surface area contributed by atoms with Gasteiger partial charge in [-0.15, -0.1) is 0 Å². The summed E-state index contributed by atoms with van der Waals surface area (Å²) >= 11 is 0. The molecule has 0 unspecified atom stereocenters. The molecule has 3 aromatic rings. The summed E-state index contributed by atoms with van der Waals surface area (Å²) in [7, 11) is 2.41. The lowest BCUT2D eigenvalue weighted by Gasteiger charge is -2.13. The SMILES string of the molecule is COC(=O)c1ccc(NC(=O)c2cc(C(=O)Nc3ccc(C(=O)OC)cc3)c(C(=O)O)cc2C(=O)O)cc1. The molecule has 12 nitrogen and oxygen atoms in total. The highest BCUT2D eigenvalue weighted by Gasteiger charge is 2.26. The van der Waals surface area contributed by atoms with E-state index in [1.54, 1.807) is 0 Å². The van der Waals surface area contributed by atoms with Crippen molar-refractivity contribution in [2.24, 2.45) is 0 Å². The monoisotopic (exact) mass is 520 g/mol. The Labute approximate surface area is 214 Å². The number of amides is 2. The second-order valence-corrected chi connectivity index (χ2v) is 7.60. The van der Waals surface area contributed by atoms with Crippen LogP contribution in [0.5, 0.6) is 0 Å². The summed E-state index contributed by atoms with van der Waals surface area (Å²) in [5, 5.41) is 24.1. The van der Waals surface area contributed by atoms with Gasteiger partial charge in [0.2, 0.25) is 0 Å². The number of anilines is 2. The van der Waals surface area contributed by atoms with Crippen LogP contribution in [0.25, 0.3) is 0 Å². The van der Waals surface area contributed by atoms with Gasteiger partial charge in [0.15, 0.2) is 0 Å². The van der Waals surface area contributed by atoms with E-state index < -0.39 is 57.9 Å². The number of hydrogen-bond donors (Lipinski definition) is 4. The standard InChI is InChI=1S/C26H20N2O10/c1-37-25(35)13-3-7-15(8-4-13)27-21(29)17-11-18(20(24(33)34)12-19(17)23(31)32)22(30)28-16-9-5-14(6-10-16)26(36)38-2/h3-12H,1-2H3,(H,27,29)(H,28,30)(H,31,32)(H,33,34). The highest BCUT2D eigenvalue weighted by Crippen LogP contribution is 2.22. The van der Waals surface area contributed by atoms with Crippen LogP contribution in [0.4, 0.5) is 11.4 Å². The molecule has 0 spiro atoms. The highest BCUT2D eigenvalue weighted by molar-refractivity contribution is 6.17. The fourth-order valence-electron chi connectivity index (χ4n) is 3.34. The second kappa shape index (κ2) is 11.5. The van der Waals surface area contributed by atoms with Gasteiger partial charge in [0, 0.05) is 11.4 Å². The topological polar surface area (TPSA) is 185 Å². The largest absolute Gasteiger partial charge is 0.478 e. The molecule has 38 heavy (non-hydrogen) atoms. The van der Waals surface area contributed by atoms with Gasteiger partial charge in [-0.2, -0.15) is 0 Å². The Balaban J connectivity index is 1.96. The third-order valence-electron chi connectivity index (χ3n) is 5.24. The van der Waals surface area contributed by atoms with Gasteiger partial charge in [-0.05, 0) is 60.7 Å². The number of ether oxygens (including phenoxy) is 2. The maximum atomic E-state index is 13.0. The van der Waals surface area contributed by atoms with Crippen LogP contribution in [0.3, 0.4) is 0 Å². The van der Waals surface area contributed by atoms with Crippen molar-refractivity contribution in [3.05, 3.63) is 94.0 Å². The van der Waals surface area contributed by atoms with Gasteiger partial charge in [0.25, 0.3) is 11.8 Å². The predicted octanol–water partition coefficient (Wildman–Crippen LogP) is 3.16. The molecule has 0 aliphatic heterocycles. The zero-order valence-electron chi connectivity index (χ0n) is 19.9. The van der Waals surface area contributed by atoms with Crippen LogP contribution in [-0.4, -0.2) is 60.1 Å². The first kappa shape index (κ1) is 27.1. The minimum atomic E-state index is -1.59. The van der Waals surface area contributed by atoms with Crippen molar-refractivity contribution in [2.75, 3.05) is 24.9 Å². The van der Waals surface area contributed by atoms with Crippen molar-refractivity contribution in [1.29, 1.82) is 0 Å². The number of aromatic carboxylic acids is 2. The van der Waals surface area contributed by atoms with E-state index in [9.17, 15) is 39.0 Å². The lowest BCUT2D eigenvalue weighted by molar-refractivity contribution is 0.0592. The fraction of sp³-hybridized carbons (Fsp3) is 0.0769. The van der Waals surface area contributed by atoms with Crippen molar-refractivity contribution >= 4 is 47.1 Å². The summed E-state index contributed by atoms with van der Waals surface area (Å²) in [5.41, 5.74) is -1.45. The van der Waals surface area contributed by atoms with E-state index in [1.165, 1.54) is 62.8 Å². The lowest BCUT2D eigenvalue weighted by atomic mass is 9.96. The number of nitrogens with one attached hydrogen (secondary N) is 2. The average Bonchev–Trinajstić information content (AvgIpc) is 2.91. The molecule has 12 heteroatoms. The molecule has 0 aliphatic carbocycles. The average molecular weight is 520 g/mol. The predicted molar refractivity (Wildman–Crippen MR) is 132 cm³/mol. The fourth-order valence-corrected chi connectivity index (χ4v) is 3.34. The van der Waals surface area contributed by atoms with Crippen molar-refractivity contribution in [3.8, 4) is 0 Å². The molecule has 194 valence electrons. The van der Waals surface area contributed by atoms with Gasteiger partial charge in [-0.25, -0.2) is 19.2 Å². The number of methoxy groups -OCH3 is 2. The normalized spacial score (nSPS) is 10.2. The number of rotatable bonds is 8. The Morgan fingerprint density at radius 3 is 1.16 bits per heavy atom. The Morgan fingerprint density at radius 2 is 0.868 bits per heavy atom.